The number of thiophene rings is 1. The molecule has 24 heavy (non-hydrogen) atoms. The molecule has 0 spiro atoms. The van der Waals surface area contributed by atoms with Crippen molar-refractivity contribution < 1.29 is 9.59 Å². The van der Waals surface area contributed by atoms with Gasteiger partial charge in [-0.25, -0.2) is 0 Å². The monoisotopic (exact) mass is 341 g/mol. The van der Waals surface area contributed by atoms with Crippen molar-refractivity contribution in [3.05, 3.63) is 45.8 Å². The van der Waals surface area contributed by atoms with Crippen LogP contribution in [0.4, 0.5) is 10.7 Å². The van der Waals surface area contributed by atoms with Gasteiger partial charge in [0.05, 0.1) is 12.1 Å². The Balaban J connectivity index is 1.51. The van der Waals surface area contributed by atoms with Crippen LogP contribution in [-0.4, -0.2) is 24.9 Å². The van der Waals surface area contributed by atoms with E-state index < -0.39 is 5.91 Å². The average molecular weight is 341 g/mol. The maximum Gasteiger partial charge on any atom is 0.251 e. The van der Waals surface area contributed by atoms with E-state index in [-0.39, 0.29) is 12.5 Å². The van der Waals surface area contributed by atoms with Crippen molar-refractivity contribution in [2.24, 2.45) is 5.73 Å². The molecule has 3 N–H and O–H groups in total. The van der Waals surface area contributed by atoms with Crippen LogP contribution in [0.15, 0.2) is 24.3 Å². The number of para-hydroxylation sites is 1. The summed E-state index contributed by atoms with van der Waals surface area (Å²) in [5.74, 6) is -0.551. The van der Waals surface area contributed by atoms with E-state index in [4.69, 9.17) is 5.73 Å². The highest BCUT2D eigenvalue weighted by atomic mass is 32.1. The number of nitrogens with two attached hydrogens (primary N) is 1. The topological polar surface area (TPSA) is 75.4 Å². The summed E-state index contributed by atoms with van der Waals surface area (Å²) in [6, 6.07) is 8.16. The first-order valence-corrected chi connectivity index (χ1v) is 9.02. The number of hydrogen-bond donors (Lipinski definition) is 2. The molecule has 1 aromatic heterocycles. The van der Waals surface area contributed by atoms with Gasteiger partial charge in [0.15, 0.2) is 0 Å². The number of benzene rings is 1. The van der Waals surface area contributed by atoms with Gasteiger partial charge in [0, 0.05) is 17.1 Å². The Bertz CT molecular complexity index is 828. The molecular formula is C18H19N3O2S. The molecule has 1 aliphatic heterocycles. The molecule has 2 aliphatic rings. The Hall–Kier alpha value is -2.34. The third-order valence-corrected chi connectivity index (χ3v) is 5.95. The van der Waals surface area contributed by atoms with Crippen LogP contribution in [0.2, 0.25) is 0 Å². The van der Waals surface area contributed by atoms with Gasteiger partial charge in [-0.2, -0.15) is 0 Å². The zero-order valence-corrected chi connectivity index (χ0v) is 14.1. The highest BCUT2D eigenvalue weighted by Gasteiger charge is 2.27. The van der Waals surface area contributed by atoms with E-state index in [1.807, 2.05) is 18.2 Å². The number of carbonyl (C=O) groups excluding carboxylic acids is 2. The molecule has 2 heterocycles. The number of primary amides is 1. The van der Waals surface area contributed by atoms with Gasteiger partial charge < -0.3 is 16.0 Å². The first-order chi connectivity index (χ1) is 11.6. The summed E-state index contributed by atoms with van der Waals surface area (Å²) in [7, 11) is 0. The van der Waals surface area contributed by atoms with Gasteiger partial charge in [-0.1, -0.05) is 18.2 Å². The third kappa shape index (κ3) is 2.57. The molecular weight excluding hydrogens is 322 g/mol. The predicted molar refractivity (Wildman–Crippen MR) is 95.9 cm³/mol. The second kappa shape index (κ2) is 5.94. The molecule has 1 aromatic carbocycles. The highest BCUT2D eigenvalue weighted by molar-refractivity contribution is 7.17. The van der Waals surface area contributed by atoms with E-state index >= 15 is 0 Å². The van der Waals surface area contributed by atoms with Crippen LogP contribution in [0.25, 0.3) is 0 Å². The van der Waals surface area contributed by atoms with Crippen molar-refractivity contribution in [2.75, 3.05) is 23.3 Å². The Morgan fingerprint density at radius 1 is 1.21 bits per heavy atom. The van der Waals surface area contributed by atoms with Crippen LogP contribution in [0.5, 0.6) is 0 Å². The first-order valence-electron chi connectivity index (χ1n) is 8.20. The van der Waals surface area contributed by atoms with Gasteiger partial charge in [-0.05, 0) is 42.9 Å². The summed E-state index contributed by atoms with van der Waals surface area (Å²) in [4.78, 5) is 27.5. The fourth-order valence-corrected chi connectivity index (χ4v) is 4.97. The number of hydrogen-bond acceptors (Lipinski definition) is 4. The molecule has 0 saturated carbocycles. The lowest BCUT2D eigenvalue weighted by molar-refractivity contribution is -0.114. The number of carbonyl (C=O) groups is 2. The van der Waals surface area contributed by atoms with Crippen molar-refractivity contribution >= 4 is 33.8 Å². The normalized spacial score (nSPS) is 15.2. The fourth-order valence-electron chi connectivity index (χ4n) is 3.66. The summed E-state index contributed by atoms with van der Waals surface area (Å²) in [6.07, 6.45) is 3.86. The number of fused-ring (bicyclic) bond motifs is 2. The highest BCUT2D eigenvalue weighted by Crippen LogP contribution is 2.38. The molecule has 0 radical (unpaired) electrons. The maximum absolute atomic E-state index is 12.5. The summed E-state index contributed by atoms with van der Waals surface area (Å²) in [6.45, 7) is 1.13. The number of amides is 2. The number of nitrogens with zero attached hydrogens (tertiary/aromatic N) is 1. The molecule has 4 rings (SSSR count). The fraction of sp³-hybridized carbons (Fsp3) is 0.333. The molecule has 2 amide bonds. The minimum atomic E-state index is -0.448. The smallest absolute Gasteiger partial charge is 0.251 e. The van der Waals surface area contributed by atoms with Crippen molar-refractivity contribution in [1.29, 1.82) is 0 Å². The van der Waals surface area contributed by atoms with Gasteiger partial charge in [0.1, 0.15) is 5.00 Å². The van der Waals surface area contributed by atoms with Crippen LogP contribution in [0.1, 0.15) is 32.8 Å². The van der Waals surface area contributed by atoms with Gasteiger partial charge in [-0.3, -0.25) is 9.59 Å². The molecule has 0 fully saturated rings. The van der Waals surface area contributed by atoms with Crippen molar-refractivity contribution in [3.8, 4) is 0 Å². The predicted octanol–water partition coefficient (Wildman–Crippen LogP) is 2.34. The van der Waals surface area contributed by atoms with Crippen LogP contribution >= 0.6 is 11.3 Å². The van der Waals surface area contributed by atoms with Crippen molar-refractivity contribution in [2.45, 2.75) is 25.7 Å². The van der Waals surface area contributed by atoms with Gasteiger partial charge in [-0.15, -0.1) is 11.3 Å². The maximum atomic E-state index is 12.5. The minimum absolute atomic E-state index is 0.103. The van der Waals surface area contributed by atoms with Crippen LogP contribution in [0, 0.1) is 0 Å². The van der Waals surface area contributed by atoms with Gasteiger partial charge in [0.25, 0.3) is 5.91 Å². The first kappa shape index (κ1) is 15.2. The SMILES string of the molecule is NC(=O)c1c(NC(=O)CN2CCc3ccccc32)sc2c1CCC2. The number of anilines is 2. The van der Waals surface area contributed by atoms with E-state index in [9.17, 15) is 9.59 Å². The summed E-state index contributed by atoms with van der Waals surface area (Å²) in [5.41, 5.74) is 9.49. The van der Waals surface area contributed by atoms with Crippen molar-refractivity contribution in [3.63, 3.8) is 0 Å². The zero-order chi connectivity index (χ0) is 16.7. The largest absolute Gasteiger partial charge is 0.365 e. The molecule has 5 nitrogen and oxygen atoms in total. The summed E-state index contributed by atoms with van der Waals surface area (Å²) in [5, 5.41) is 3.53. The molecule has 0 saturated heterocycles. The number of aryl methyl sites for hydroxylation is 1. The lowest BCUT2D eigenvalue weighted by atomic mass is 10.1. The summed E-state index contributed by atoms with van der Waals surface area (Å²) < 4.78 is 0. The van der Waals surface area contributed by atoms with Crippen LogP contribution < -0.4 is 16.0 Å². The molecule has 2 aromatic rings. The Kier molecular flexibility index (Phi) is 3.76. The Morgan fingerprint density at radius 2 is 2.04 bits per heavy atom. The van der Waals surface area contributed by atoms with E-state index in [1.54, 1.807) is 0 Å². The van der Waals surface area contributed by atoms with Gasteiger partial charge >= 0.3 is 0 Å². The second-order valence-corrected chi connectivity index (χ2v) is 7.38. The standard InChI is InChI=1S/C18H19N3O2S/c19-17(23)16-12-5-3-7-14(12)24-18(16)20-15(22)10-21-9-8-11-4-1-2-6-13(11)21/h1-2,4,6H,3,5,7-10H2,(H2,19,23)(H,20,22). The minimum Gasteiger partial charge on any atom is -0.365 e. The zero-order valence-electron chi connectivity index (χ0n) is 13.3. The van der Waals surface area contributed by atoms with E-state index in [0.29, 0.717) is 10.6 Å². The lowest BCUT2D eigenvalue weighted by Crippen LogP contribution is -2.32. The van der Waals surface area contributed by atoms with E-state index in [2.05, 4.69) is 16.3 Å². The van der Waals surface area contributed by atoms with Crippen molar-refractivity contribution in [1.82, 2.24) is 0 Å². The Labute approximate surface area is 144 Å². The third-order valence-electron chi connectivity index (χ3n) is 4.74. The lowest BCUT2D eigenvalue weighted by Gasteiger charge is -2.18. The quantitative estimate of drug-likeness (QED) is 0.896. The van der Waals surface area contributed by atoms with E-state index in [1.165, 1.54) is 21.8 Å². The summed E-state index contributed by atoms with van der Waals surface area (Å²) >= 11 is 1.50. The second-order valence-electron chi connectivity index (χ2n) is 6.27. The van der Waals surface area contributed by atoms with Gasteiger partial charge in [0.2, 0.25) is 5.91 Å². The number of nitrogens with one attached hydrogen (secondary N) is 1. The number of rotatable bonds is 4. The van der Waals surface area contributed by atoms with Crippen LogP contribution in [-0.2, 0) is 24.1 Å². The molecule has 6 heteroatoms. The van der Waals surface area contributed by atoms with Crippen LogP contribution in [0.3, 0.4) is 0 Å². The van der Waals surface area contributed by atoms with E-state index in [0.717, 1.165) is 43.5 Å². The molecule has 0 atom stereocenters. The average Bonchev–Trinajstić information content (AvgIpc) is 3.21. The molecule has 1 aliphatic carbocycles. The molecule has 124 valence electrons. The molecule has 0 unspecified atom stereocenters. The molecule has 0 bridgehead atoms. The Morgan fingerprint density at radius 3 is 2.88 bits per heavy atom.